The molecule has 1 aromatic rings. The minimum atomic E-state index is -0.294. The van der Waals surface area contributed by atoms with Gasteiger partial charge in [0.05, 0.1) is 6.61 Å². The Bertz CT molecular complexity index is 483. The van der Waals surface area contributed by atoms with Crippen LogP contribution in [0.4, 0.5) is 0 Å². The number of ether oxygens (including phenoxy) is 1. The fourth-order valence-corrected chi connectivity index (χ4v) is 1.98. The quantitative estimate of drug-likeness (QED) is 0.601. The van der Waals surface area contributed by atoms with Gasteiger partial charge in [-0.25, -0.2) is 4.79 Å². The number of halogens is 1. The Labute approximate surface area is 129 Å². The Morgan fingerprint density at radius 1 is 1.35 bits per heavy atom. The zero-order valence-corrected chi connectivity index (χ0v) is 13.9. The van der Waals surface area contributed by atoms with E-state index in [0.717, 1.165) is 29.4 Å². The lowest BCUT2D eigenvalue weighted by atomic mass is 10.1. The molecule has 4 heteroatoms. The molecular weight excluding hydrogens is 318 g/mol. The zero-order chi connectivity index (χ0) is 15.0. The van der Waals surface area contributed by atoms with Crippen molar-refractivity contribution in [1.82, 2.24) is 5.32 Å². The van der Waals surface area contributed by atoms with Crippen LogP contribution in [0.15, 0.2) is 28.4 Å². The molecule has 0 unspecified atom stereocenters. The SMILES string of the molecule is CCCN/C(=C\c1ccc(C)c(Br)c1)C(=O)OCCC. The van der Waals surface area contributed by atoms with Crippen molar-refractivity contribution >= 4 is 28.0 Å². The average Bonchev–Trinajstić information content (AvgIpc) is 2.44. The number of carbonyl (C=O) groups excluding carboxylic acids is 1. The van der Waals surface area contributed by atoms with Crippen LogP contribution in [0.25, 0.3) is 6.08 Å². The molecule has 3 nitrogen and oxygen atoms in total. The number of rotatable bonds is 7. The Balaban J connectivity index is 2.92. The van der Waals surface area contributed by atoms with E-state index in [1.54, 1.807) is 0 Å². The van der Waals surface area contributed by atoms with E-state index >= 15 is 0 Å². The number of nitrogens with one attached hydrogen (secondary N) is 1. The predicted molar refractivity (Wildman–Crippen MR) is 86.4 cm³/mol. The highest BCUT2D eigenvalue weighted by Gasteiger charge is 2.10. The highest BCUT2D eigenvalue weighted by atomic mass is 79.9. The average molecular weight is 340 g/mol. The standard InChI is InChI=1S/C16H22BrNO2/c1-4-8-18-15(16(19)20-9-5-2)11-13-7-6-12(3)14(17)10-13/h6-7,10-11,18H,4-5,8-9H2,1-3H3/b15-11-. The summed E-state index contributed by atoms with van der Waals surface area (Å²) in [5.41, 5.74) is 2.64. The van der Waals surface area contributed by atoms with Gasteiger partial charge in [-0.2, -0.15) is 0 Å². The molecule has 0 aromatic heterocycles. The maximum Gasteiger partial charge on any atom is 0.354 e. The Morgan fingerprint density at radius 2 is 2.10 bits per heavy atom. The Hall–Kier alpha value is -1.29. The minimum Gasteiger partial charge on any atom is -0.461 e. The number of benzene rings is 1. The molecule has 1 aromatic carbocycles. The smallest absolute Gasteiger partial charge is 0.354 e. The van der Waals surface area contributed by atoms with Crippen LogP contribution in [0.3, 0.4) is 0 Å². The molecule has 0 saturated heterocycles. The largest absolute Gasteiger partial charge is 0.461 e. The lowest BCUT2D eigenvalue weighted by Crippen LogP contribution is -2.23. The highest BCUT2D eigenvalue weighted by molar-refractivity contribution is 9.10. The van der Waals surface area contributed by atoms with Crippen molar-refractivity contribution in [3.8, 4) is 0 Å². The summed E-state index contributed by atoms with van der Waals surface area (Å²) in [4.78, 5) is 12.0. The molecule has 0 radical (unpaired) electrons. The van der Waals surface area contributed by atoms with E-state index in [9.17, 15) is 4.79 Å². The first-order valence-electron chi connectivity index (χ1n) is 6.97. The number of aryl methyl sites for hydroxylation is 1. The van der Waals surface area contributed by atoms with Gasteiger partial charge in [0, 0.05) is 11.0 Å². The van der Waals surface area contributed by atoms with Crippen LogP contribution in [0, 0.1) is 6.92 Å². The first kappa shape index (κ1) is 16.8. The summed E-state index contributed by atoms with van der Waals surface area (Å²) in [6.45, 7) is 7.27. The van der Waals surface area contributed by atoms with Gasteiger partial charge in [0.25, 0.3) is 0 Å². The molecule has 0 aliphatic heterocycles. The molecule has 0 atom stereocenters. The fraction of sp³-hybridized carbons (Fsp3) is 0.438. The zero-order valence-electron chi connectivity index (χ0n) is 12.3. The van der Waals surface area contributed by atoms with Crippen molar-refractivity contribution in [2.45, 2.75) is 33.6 Å². The topological polar surface area (TPSA) is 38.3 Å². The van der Waals surface area contributed by atoms with Gasteiger partial charge in [-0.1, -0.05) is 41.9 Å². The molecule has 0 aliphatic carbocycles. The van der Waals surface area contributed by atoms with Crippen LogP contribution >= 0.6 is 15.9 Å². The van der Waals surface area contributed by atoms with Gasteiger partial charge in [0.15, 0.2) is 0 Å². The maximum atomic E-state index is 12.0. The van der Waals surface area contributed by atoms with Crippen LogP contribution in [0.1, 0.15) is 37.8 Å². The monoisotopic (exact) mass is 339 g/mol. The second kappa shape index (κ2) is 8.80. The maximum absolute atomic E-state index is 12.0. The molecule has 0 amide bonds. The summed E-state index contributed by atoms with van der Waals surface area (Å²) in [6.07, 6.45) is 3.61. The molecule has 110 valence electrons. The van der Waals surface area contributed by atoms with Gasteiger partial charge in [0.1, 0.15) is 5.70 Å². The first-order chi connectivity index (χ1) is 9.58. The molecular formula is C16H22BrNO2. The normalized spacial score (nSPS) is 11.3. The second-order valence-electron chi connectivity index (χ2n) is 4.63. The van der Waals surface area contributed by atoms with Gasteiger partial charge in [-0.15, -0.1) is 0 Å². The summed E-state index contributed by atoms with van der Waals surface area (Å²) < 4.78 is 6.23. The van der Waals surface area contributed by atoms with Gasteiger partial charge in [-0.05, 0) is 43.0 Å². The van der Waals surface area contributed by atoms with E-state index in [0.29, 0.717) is 12.3 Å². The lowest BCUT2D eigenvalue weighted by molar-refractivity contribution is -0.139. The molecule has 0 aliphatic rings. The number of hydrogen-bond donors (Lipinski definition) is 1. The van der Waals surface area contributed by atoms with Gasteiger partial charge >= 0.3 is 5.97 Å². The summed E-state index contributed by atoms with van der Waals surface area (Å²) in [6, 6.07) is 6.00. The van der Waals surface area contributed by atoms with E-state index < -0.39 is 0 Å². The summed E-state index contributed by atoms with van der Waals surface area (Å²) in [5, 5.41) is 3.13. The van der Waals surface area contributed by atoms with E-state index in [2.05, 4.69) is 28.2 Å². The first-order valence-corrected chi connectivity index (χ1v) is 7.76. The fourth-order valence-electron chi connectivity index (χ4n) is 1.58. The predicted octanol–water partition coefficient (Wildman–Crippen LogP) is 4.05. The van der Waals surface area contributed by atoms with Crippen molar-refractivity contribution in [1.29, 1.82) is 0 Å². The van der Waals surface area contributed by atoms with Crippen LogP contribution in [-0.2, 0) is 9.53 Å². The third-order valence-electron chi connectivity index (χ3n) is 2.73. The molecule has 0 fully saturated rings. The highest BCUT2D eigenvalue weighted by Crippen LogP contribution is 2.19. The molecule has 0 spiro atoms. The van der Waals surface area contributed by atoms with E-state index in [4.69, 9.17) is 4.74 Å². The van der Waals surface area contributed by atoms with Crippen molar-refractivity contribution in [3.63, 3.8) is 0 Å². The van der Waals surface area contributed by atoms with Gasteiger partial charge < -0.3 is 10.1 Å². The third kappa shape index (κ3) is 5.37. The number of hydrogen-bond acceptors (Lipinski definition) is 3. The molecule has 0 saturated carbocycles. The van der Waals surface area contributed by atoms with Gasteiger partial charge in [0.2, 0.25) is 0 Å². The minimum absolute atomic E-state index is 0.294. The summed E-state index contributed by atoms with van der Waals surface area (Å²) in [5.74, 6) is -0.294. The number of esters is 1. The van der Waals surface area contributed by atoms with Crippen molar-refractivity contribution < 1.29 is 9.53 Å². The van der Waals surface area contributed by atoms with E-state index in [1.807, 2.05) is 38.1 Å². The van der Waals surface area contributed by atoms with Crippen LogP contribution < -0.4 is 5.32 Å². The Kier molecular flexibility index (Phi) is 7.37. The van der Waals surface area contributed by atoms with Crippen LogP contribution in [0.2, 0.25) is 0 Å². The van der Waals surface area contributed by atoms with Crippen molar-refractivity contribution in [2.75, 3.05) is 13.2 Å². The lowest BCUT2D eigenvalue weighted by Gasteiger charge is -2.10. The third-order valence-corrected chi connectivity index (χ3v) is 3.58. The van der Waals surface area contributed by atoms with Gasteiger partial charge in [-0.3, -0.25) is 0 Å². The number of carbonyl (C=O) groups is 1. The molecule has 0 heterocycles. The Morgan fingerprint density at radius 3 is 2.70 bits per heavy atom. The molecule has 1 rings (SSSR count). The second-order valence-corrected chi connectivity index (χ2v) is 5.48. The molecule has 20 heavy (non-hydrogen) atoms. The van der Waals surface area contributed by atoms with E-state index in [-0.39, 0.29) is 5.97 Å². The summed E-state index contributed by atoms with van der Waals surface area (Å²) in [7, 11) is 0. The van der Waals surface area contributed by atoms with E-state index in [1.165, 1.54) is 5.56 Å². The van der Waals surface area contributed by atoms with Crippen molar-refractivity contribution in [2.24, 2.45) is 0 Å². The van der Waals surface area contributed by atoms with Crippen LogP contribution in [0.5, 0.6) is 0 Å². The molecule has 0 bridgehead atoms. The van der Waals surface area contributed by atoms with Crippen LogP contribution in [-0.4, -0.2) is 19.1 Å². The van der Waals surface area contributed by atoms with Crippen molar-refractivity contribution in [3.05, 3.63) is 39.5 Å². The summed E-state index contributed by atoms with van der Waals surface area (Å²) >= 11 is 3.50. The molecule has 1 N–H and O–H groups in total.